The maximum absolute atomic E-state index is 12.1. The number of sulfone groups is 1. The van der Waals surface area contributed by atoms with Crippen LogP contribution in [0.4, 0.5) is 0 Å². The zero-order chi connectivity index (χ0) is 16.3. The molecule has 0 amide bonds. The van der Waals surface area contributed by atoms with Gasteiger partial charge in [0.25, 0.3) is 0 Å². The Kier molecular flexibility index (Phi) is 5.95. The molecule has 5 nitrogen and oxygen atoms in total. The number of sulfonamides is 1. The van der Waals surface area contributed by atoms with Gasteiger partial charge in [0.05, 0.1) is 17.3 Å². The first-order valence-corrected chi connectivity index (χ1v) is 10.1. The van der Waals surface area contributed by atoms with E-state index in [1.165, 1.54) is 14.1 Å². The summed E-state index contributed by atoms with van der Waals surface area (Å²) < 4.78 is 48.5. The number of benzene rings is 1. The van der Waals surface area contributed by atoms with Gasteiger partial charge in [0.1, 0.15) is 0 Å². The molecule has 0 aliphatic carbocycles. The van der Waals surface area contributed by atoms with Crippen LogP contribution in [0.5, 0.6) is 0 Å². The summed E-state index contributed by atoms with van der Waals surface area (Å²) in [5.41, 5.74) is 2.73. The third-order valence-corrected chi connectivity index (χ3v) is 6.87. The maximum Gasteiger partial charge on any atom is 0.213 e. The second-order valence-corrected chi connectivity index (χ2v) is 9.96. The molecule has 1 aromatic rings. The molecule has 0 heterocycles. The van der Waals surface area contributed by atoms with E-state index in [4.69, 9.17) is 0 Å². The van der Waals surface area contributed by atoms with Crippen molar-refractivity contribution in [1.29, 1.82) is 0 Å². The third-order valence-electron chi connectivity index (χ3n) is 3.29. The van der Waals surface area contributed by atoms with Crippen molar-refractivity contribution in [3.8, 4) is 0 Å². The Labute approximate surface area is 127 Å². The summed E-state index contributed by atoms with van der Waals surface area (Å²) in [5.74, 6) is -0.304. The number of rotatable bonds is 7. The van der Waals surface area contributed by atoms with Crippen molar-refractivity contribution < 1.29 is 16.8 Å². The topological polar surface area (TPSA) is 71.5 Å². The Morgan fingerprint density at radius 1 is 1.00 bits per heavy atom. The Hall–Kier alpha value is -0.920. The van der Waals surface area contributed by atoms with E-state index in [0.717, 1.165) is 21.0 Å². The molecule has 0 unspecified atom stereocenters. The van der Waals surface area contributed by atoms with E-state index in [9.17, 15) is 16.8 Å². The zero-order valence-electron chi connectivity index (χ0n) is 13.0. The van der Waals surface area contributed by atoms with E-state index < -0.39 is 19.9 Å². The van der Waals surface area contributed by atoms with Gasteiger partial charge in [-0.05, 0) is 31.4 Å². The van der Waals surface area contributed by atoms with E-state index >= 15 is 0 Å². The van der Waals surface area contributed by atoms with Crippen LogP contribution in [-0.4, -0.2) is 46.7 Å². The van der Waals surface area contributed by atoms with Crippen LogP contribution in [0.25, 0.3) is 0 Å². The smallest absolute Gasteiger partial charge is 0.213 e. The molecule has 7 heteroatoms. The van der Waals surface area contributed by atoms with Crippen LogP contribution in [0, 0.1) is 13.8 Å². The largest absolute Gasteiger partial charge is 0.228 e. The number of aryl methyl sites for hydroxylation is 2. The lowest BCUT2D eigenvalue weighted by Gasteiger charge is -2.11. The minimum atomic E-state index is -3.34. The van der Waals surface area contributed by atoms with Crippen LogP contribution in [0.15, 0.2) is 18.2 Å². The van der Waals surface area contributed by atoms with Gasteiger partial charge in [-0.15, -0.1) is 0 Å². The summed E-state index contributed by atoms with van der Waals surface area (Å²) in [7, 11) is -3.76. The second-order valence-electron chi connectivity index (χ2n) is 5.47. The van der Waals surface area contributed by atoms with Gasteiger partial charge in [-0.1, -0.05) is 23.8 Å². The highest BCUT2D eigenvalue weighted by atomic mass is 32.2. The van der Waals surface area contributed by atoms with Crippen molar-refractivity contribution in [1.82, 2.24) is 4.31 Å². The van der Waals surface area contributed by atoms with Gasteiger partial charge >= 0.3 is 0 Å². The molecule has 0 saturated heterocycles. The van der Waals surface area contributed by atoms with Crippen LogP contribution in [0.3, 0.4) is 0 Å². The predicted molar refractivity (Wildman–Crippen MR) is 85.5 cm³/mol. The van der Waals surface area contributed by atoms with Crippen molar-refractivity contribution in [3.63, 3.8) is 0 Å². The predicted octanol–water partition coefficient (Wildman–Crippen LogP) is 1.50. The maximum atomic E-state index is 12.1. The number of hydrogen-bond acceptors (Lipinski definition) is 4. The third kappa shape index (κ3) is 5.76. The standard InChI is InChI=1S/C14H23NO4S2/c1-12-6-7-13(2)14(10-12)11-20(16,17)8-5-9-21(18,19)15(3)4/h6-7,10H,5,8-9,11H2,1-4H3. The quantitative estimate of drug-likeness (QED) is 0.758. The van der Waals surface area contributed by atoms with E-state index in [1.807, 2.05) is 32.0 Å². The minimum Gasteiger partial charge on any atom is -0.228 e. The normalized spacial score (nSPS) is 12.8. The fourth-order valence-electron chi connectivity index (χ4n) is 1.91. The molecule has 0 saturated carbocycles. The van der Waals surface area contributed by atoms with Crippen molar-refractivity contribution in [2.24, 2.45) is 0 Å². The van der Waals surface area contributed by atoms with Crippen LogP contribution >= 0.6 is 0 Å². The first kappa shape index (κ1) is 18.1. The molecule has 21 heavy (non-hydrogen) atoms. The lowest BCUT2D eigenvalue weighted by atomic mass is 10.1. The van der Waals surface area contributed by atoms with Gasteiger partial charge in [-0.25, -0.2) is 21.1 Å². The fraction of sp³-hybridized carbons (Fsp3) is 0.571. The molecule has 0 aliphatic heterocycles. The van der Waals surface area contributed by atoms with Gasteiger partial charge < -0.3 is 0 Å². The molecule has 0 aromatic heterocycles. The van der Waals surface area contributed by atoms with Crippen molar-refractivity contribution in [2.75, 3.05) is 25.6 Å². The van der Waals surface area contributed by atoms with Gasteiger partial charge in [0.2, 0.25) is 10.0 Å². The molecule has 0 atom stereocenters. The Balaban J connectivity index is 2.69. The fourth-order valence-corrected chi connectivity index (χ4v) is 4.48. The monoisotopic (exact) mass is 333 g/mol. The molecule has 0 bridgehead atoms. The summed E-state index contributed by atoms with van der Waals surface area (Å²) in [4.78, 5) is 0. The molecule has 1 aromatic carbocycles. The SMILES string of the molecule is Cc1ccc(C)c(CS(=O)(=O)CCCS(=O)(=O)N(C)C)c1. The lowest BCUT2D eigenvalue weighted by molar-refractivity contribution is 0.519. The van der Waals surface area contributed by atoms with Crippen LogP contribution in [0.2, 0.25) is 0 Å². The van der Waals surface area contributed by atoms with Gasteiger partial charge in [0, 0.05) is 14.1 Å². The van der Waals surface area contributed by atoms with E-state index in [2.05, 4.69) is 0 Å². The summed E-state index contributed by atoms with van der Waals surface area (Å²) >= 11 is 0. The van der Waals surface area contributed by atoms with E-state index in [0.29, 0.717) is 0 Å². The zero-order valence-corrected chi connectivity index (χ0v) is 14.6. The second kappa shape index (κ2) is 6.89. The first-order chi connectivity index (χ1) is 9.53. The van der Waals surface area contributed by atoms with Crippen LogP contribution in [0.1, 0.15) is 23.1 Å². The van der Waals surface area contributed by atoms with Crippen LogP contribution < -0.4 is 0 Å². The Bertz CT molecular complexity index is 692. The Morgan fingerprint density at radius 2 is 1.62 bits per heavy atom. The number of nitrogens with zero attached hydrogens (tertiary/aromatic N) is 1. The molecular weight excluding hydrogens is 310 g/mol. The molecule has 0 aliphatic rings. The molecule has 0 fully saturated rings. The summed E-state index contributed by atoms with van der Waals surface area (Å²) in [6.45, 7) is 3.79. The van der Waals surface area contributed by atoms with Gasteiger partial charge in [-0.2, -0.15) is 0 Å². The summed E-state index contributed by atoms with van der Waals surface area (Å²) in [6.07, 6.45) is 0.119. The highest BCUT2D eigenvalue weighted by Gasteiger charge is 2.18. The molecule has 0 spiro atoms. The molecule has 0 N–H and O–H groups in total. The first-order valence-electron chi connectivity index (χ1n) is 6.70. The Morgan fingerprint density at radius 3 is 2.19 bits per heavy atom. The minimum absolute atomic E-state index is 0.0392. The average Bonchev–Trinajstić information content (AvgIpc) is 2.32. The number of hydrogen-bond donors (Lipinski definition) is 0. The molecule has 120 valence electrons. The molecule has 1 rings (SSSR count). The average molecular weight is 333 g/mol. The van der Waals surface area contributed by atoms with Crippen molar-refractivity contribution in [3.05, 3.63) is 34.9 Å². The molecular formula is C14H23NO4S2. The molecule has 0 radical (unpaired) electrons. The van der Waals surface area contributed by atoms with Crippen LogP contribution in [-0.2, 0) is 25.6 Å². The summed E-state index contributed by atoms with van der Waals surface area (Å²) in [6, 6.07) is 5.70. The highest BCUT2D eigenvalue weighted by Crippen LogP contribution is 2.15. The van der Waals surface area contributed by atoms with E-state index in [-0.39, 0.29) is 23.7 Å². The van der Waals surface area contributed by atoms with Gasteiger partial charge in [0.15, 0.2) is 9.84 Å². The van der Waals surface area contributed by atoms with E-state index in [1.54, 1.807) is 0 Å². The highest BCUT2D eigenvalue weighted by molar-refractivity contribution is 7.91. The van der Waals surface area contributed by atoms with Crippen molar-refractivity contribution in [2.45, 2.75) is 26.0 Å². The lowest BCUT2D eigenvalue weighted by Crippen LogP contribution is -2.26. The van der Waals surface area contributed by atoms with Gasteiger partial charge in [-0.3, -0.25) is 0 Å². The van der Waals surface area contributed by atoms with Crippen molar-refractivity contribution >= 4 is 19.9 Å². The summed E-state index contributed by atoms with van der Waals surface area (Å²) in [5, 5.41) is 0.